The topological polar surface area (TPSA) is 0 Å². The van der Waals surface area contributed by atoms with Crippen LogP contribution in [0.5, 0.6) is 0 Å². The number of hydrogen-bond acceptors (Lipinski definition) is 1. The Hall–Kier alpha value is -1.77. The maximum absolute atomic E-state index is 2.57. The Labute approximate surface area is 138 Å². The van der Waals surface area contributed by atoms with Crippen LogP contribution in [0, 0.1) is 0 Å². The van der Waals surface area contributed by atoms with Gasteiger partial charge in [-0.15, -0.1) is 11.3 Å². The van der Waals surface area contributed by atoms with Crippen molar-refractivity contribution in [1.29, 1.82) is 0 Å². The maximum atomic E-state index is 2.57. The molecule has 0 bridgehead atoms. The molecule has 1 heterocycles. The zero-order chi connectivity index (χ0) is 15.0. The average Bonchev–Trinajstić information content (AvgIpc) is 3.10. The second-order valence-corrected chi connectivity index (χ2v) is 8.74. The highest BCUT2D eigenvalue weighted by Gasteiger charge is 2.05. The Kier molecular flexibility index (Phi) is 5.52. The number of benzene rings is 2. The molecule has 22 heavy (non-hydrogen) atoms. The predicted molar refractivity (Wildman–Crippen MR) is 101 cm³/mol. The molecule has 0 aliphatic rings. The van der Waals surface area contributed by atoms with Gasteiger partial charge in [0.2, 0.25) is 0 Å². The van der Waals surface area contributed by atoms with Crippen LogP contribution >= 0.6 is 11.3 Å². The summed E-state index contributed by atoms with van der Waals surface area (Å²) in [7, 11) is -0.762. The molecule has 3 rings (SSSR count). The van der Waals surface area contributed by atoms with E-state index in [9.17, 15) is 0 Å². The van der Waals surface area contributed by atoms with E-state index in [0.29, 0.717) is 0 Å². The van der Waals surface area contributed by atoms with Crippen molar-refractivity contribution in [2.24, 2.45) is 0 Å². The number of rotatable bonds is 6. The van der Waals surface area contributed by atoms with Crippen molar-refractivity contribution in [1.82, 2.24) is 0 Å². The first-order valence-corrected chi connectivity index (χ1v) is 10.2. The van der Waals surface area contributed by atoms with E-state index in [2.05, 4.69) is 83.8 Å². The van der Waals surface area contributed by atoms with Gasteiger partial charge in [-0.2, -0.15) is 0 Å². The lowest BCUT2D eigenvalue weighted by atomic mass is 10.2. The molecular weight excluding hydrogens is 300 g/mol. The third kappa shape index (κ3) is 4.12. The molecule has 0 radical (unpaired) electrons. The summed E-state index contributed by atoms with van der Waals surface area (Å²) < 4.78 is 0. The summed E-state index contributed by atoms with van der Waals surface area (Å²) in [6.07, 6.45) is 3.64. The summed E-state index contributed by atoms with van der Waals surface area (Å²) in [6.45, 7) is 0. The Morgan fingerprint density at radius 3 is 1.95 bits per heavy atom. The Bertz CT molecular complexity index is 658. The van der Waals surface area contributed by atoms with Crippen molar-refractivity contribution in [2.75, 3.05) is 0 Å². The van der Waals surface area contributed by atoms with Gasteiger partial charge in [-0.1, -0.05) is 72.4 Å². The number of unbranched alkanes of at least 4 members (excludes halogenated alkanes) is 1. The van der Waals surface area contributed by atoms with Crippen LogP contribution < -0.4 is 10.4 Å². The Balaban J connectivity index is 1.75. The highest BCUT2D eigenvalue weighted by molar-refractivity contribution is 7.09. The first-order chi connectivity index (χ1) is 10.9. The van der Waals surface area contributed by atoms with Gasteiger partial charge < -0.3 is 0 Å². The lowest BCUT2D eigenvalue weighted by Gasteiger charge is -2.07. The minimum Gasteiger partial charge on any atom is -0.149 e. The molecule has 2 aromatic carbocycles. The van der Waals surface area contributed by atoms with Crippen LogP contribution in [0.1, 0.15) is 17.7 Å². The van der Waals surface area contributed by atoms with Gasteiger partial charge in [0.25, 0.3) is 0 Å². The molecule has 0 nitrogen and oxygen atoms in total. The molecule has 110 valence electrons. The Morgan fingerprint density at radius 2 is 1.41 bits per heavy atom. The molecular formula is C20H20SSi. The van der Waals surface area contributed by atoms with Crippen LogP contribution in [0.15, 0.2) is 78.2 Å². The summed E-state index contributed by atoms with van der Waals surface area (Å²) in [6, 6.07) is 26.3. The number of thiophene rings is 1. The average molecular weight is 321 g/mol. The SMILES string of the molecule is C(CCCc1cccs1)=[Si](c1ccccc1)c1ccccc1. The first-order valence-electron chi connectivity index (χ1n) is 7.77. The molecule has 0 N–H and O–H groups in total. The maximum Gasteiger partial charge on any atom is 0.0760 e. The van der Waals surface area contributed by atoms with Gasteiger partial charge >= 0.3 is 0 Å². The molecule has 0 saturated carbocycles. The van der Waals surface area contributed by atoms with Crippen LogP contribution in [0.2, 0.25) is 0 Å². The third-order valence-corrected chi connectivity index (χ3v) is 7.27. The van der Waals surface area contributed by atoms with Crippen LogP contribution in [-0.4, -0.2) is 14.1 Å². The number of hydrogen-bond donors (Lipinski definition) is 0. The van der Waals surface area contributed by atoms with Gasteiger partial charge in [-0.3, -0.25) is 0 Å². The van der Waals surface area contributed by atoms with Crippen molar-refractivity contribution in [3.63, 3.8) is 0 Å². The van der Waals surface area contributed by atoms with E-state index < -0.39 is 8.41 Å². The molecule has 3 aromatic rings. The quantitative estimate of drug-likeness (QED) is 0.479. The van der Waals surface area contributed by atoms with E-state index in [-0.39, 0.29) is 0 Å². The van der Waals surface area contributed by atoms with Crippen molar-refractivity contribution in [3.05, 3.63) is 83.1 Å². The van der Waals surface area contributed by atoms with E-state index in [0.717, 1.165) is 0 Å². The zero-order valence-corrected chi connectivity index (χ0v) is 14.4. The summed E-state index contributed by atoms with van der Waals surface area (Å²) in [4.78, 5) is 1.50. The molecule has 0 fully saturated rings. The fourth-order valence-electron chi connectivity index (χ4n) is 2.62. The fraction of sp³-hybridized carbons (Fsp3) is 0.150. The monoisotopic (exact) mass is 320 g/mol. The van der Waals surface area contributed by atoms with Gasteiger partial charge in [0.05, 0.1) is 8.41 Å². The normalized spacial score (nSPS) is 10.4. The van der Waals surface area contributed by atoms with Gasteiger partial charge in [-0.25, -0.2) is 0 Å². The zero-order valence-electron chi connectivity index (χ0n) is 12.6. The standard InChI is InChI=1S/C20H20SSi/c1-3-12-19(13-4-1)22(20-14-5-2-6-15-20)17-8-7-10-18-11-9-16-21-18/h1-6,9,11-17H,7-8,10H2. The van der Waals surface area contributed by atoms with Crippen LogP contribution in [0.4, 0.5) is 0 Å². The van der Waals surface area contributed by atoms with E-state index >= 15 is 0 Å². The van der Waals surface area contributed by atoms with Gasteiger partial charge in [0.15, 0.2) is 0 Å². The minimum atomic E-state index is -0.762. The van der Waals surface area contributed by atoms with Gasteiger partial charge in [0, 0.05) is 4.88 Å². The highest BCUT2D eigenvalue weighted by Crippen LogP contribution is 2.11. The third-order valence-electron chi connectivity index (χ3n) is 3.73. The molecule has 0 saturated heterocycles. The van der Waals surface area contributed by atoms with E-state index in [1.807, 2.05) is 11.3 Å². The lowest BCUT2D eigenvalue weighted by Crippen LogP contribution is -2.36. The Morgan fingerprint density at radius 1 is 0.773 bits per heavy atom. The summed E-state index contributed by atoms with van der Waals surface area (Å²) in [5.41, 5.74) is 2.57. The number of aryl methyl sites for hydroxylation is 1. The summed E-state index contributed by atoms with van der Waals surface area (Å²) in [5.74, 6) is 0. The van der Waals surface area contributed by atoms with E-state index in [1.54, 1.807) is 0 Å². The summed E-state index contributed by atoms with van der Waals surface area (Å²) in [5, 5.41) is 5.13. The van der Waals surface area contributed by atoms with Crippen molar-refractivity contribution < 1.29 is 0 Å². The van der Waals surface area contributed by atoms with Crippen LogP contribution in [0.25, 0.3) is 0 Å². The van der Waals surface area contributed by atoms with Crippen molar-refractivity contribution >= 4 is 35.8 Å². The van der Waals surface area contributed by atoms with Gasteiger partial charge in [-0.05, 0) is 41.1 Å². The molecule has 0 unspecified atom stereocenters. The van der Waals surface area contributed by atoms with Crippen molar-refractivity contribution in [2.45, 2.75) is 19.3 Å². The second-order valence-electron chi connectivity index (χ2n) is 5.32. The van der Waals surface area contributed by atoms with E-state index in [1.165, 1.54) is 34.5 Å². The molecule has 0 amide bonds. The second kappa shape index (κ2) is 8.02. The predicted octanol–water partition coefficient (Wildman–Crippen LogP) is 3.76. The van der Waals surface area contributed by atoms with Gasteiger partial charge in [0.1, 0.15) is 0 Å². The minimum absolute atomic E-state index is 0.762. The largest absolute Gasteiger partial charge is 0.149 e. The smallest absolute Gasteiger partial charge is 0.0760 e. The fourth-order valence-corrected chi connectivity index (χ4v) is 5.77. The molecule has 2 heteroatoms. The summed E-state index contributed by atoms with van der Waals surface area (Å²) >= 11 is 1.87. The van der Waals surface area contributed by atoms with E-state index in [4.69, 9.17) is 0 Å². The van der Waals surface area contributed by atoms with Crippen LogP contribution in [0.3, 0.4) is 0 Å². The molecule has 0 aliphatic carbocycles. The highest BCUT2D eigenvalue weighted by atomic mass is 32.1. The molecule has 0 atom stereocenters. The first kappa shape index (κ1) is 15.1. The van der Waals surface area contributed by atoms with Crippen LogP contribution in [-0.2, 0) is 6.42 Å². The molecule has 0 spiro atoms. The van der Waals surface area contributed by atoms with Crippen molar-refractivity contribution in [3.8, 4) is 0 Å². The molecule has 0 aliphatic heterocycles. The molecule has 1 aromatic heterocycles. The lowest BCUT2D eigenvalue weighted by molar-refractivity contribution is 0.893.